The molecule has 0 spiro atoms. The Kier molecular flexibility index (Phi) is 5.79. The zero-order chi connectivity index (χ0) is 15.3. The van der Waals surface area contributed by atoms with Gasteiger partial charge < -0.3 is 5.32 Å². The Labute approximate surface area is 128 Å². The predicted octanol–water partition coefficient (Wildman–Crippen LogP) is 2.75. The number of sulfonamides is 1. The van der Waals surface area contributed by atoms with Crippen molar-refractivity contribution in [2.24, 2.45) is 0 Å². The van der Waals surface area contributed by atoms with Gasteiger partial charge in [-0.25, -0.2) is 8.42 Å². The van der Waals surface area contributed by atoms with Crippen LogP contribution in [0.2, 0.25) is 0 Å². The zero-order valence-corrected chi connectivity index (χ0v) is 13.8. The summed E-state index contributed by atoms with van der Waals surface area (Å²) >= 11 is 0. The fourth-order valence-corrected chi connectivity index (χ4v) is 4.86. The fraction of sp³-hybridized carbons (Fsp3) is 0.625. The standard InChI is InChI=1S/C16H26N2O2S/c1-3-7-15-9-4-5-11-18(15)21(19,20)16-10-6-8-14(12-16)13-17-2/h6,8,10,12,15,17H,3-5,7,9,11,13H2,1-2H3. The summed E-state index contributed by atoms with van der Waals surface area (Å²) in [5.74, 6) is 0. The lowest BCUT2D eigenvalue weighted by Crippen LogP contribution is -2.43. The van der Waals surface area contributed by atoms with E-state index in [1.807, 2.05) is 19.2 Å². The summed E-state index contributed by atoms with van der Waals surface area (Å²) in [6.45, 7) is 3.46. The summed E-state index contributed by atoms with van der Waals surface area (Å²) < 4.78 is 27.6. The smallest absolute Gasteiger partial charge is 0.243 e. The maximum absolute atomic E-state index is 12.9. The normalized spacial score (nSPS) is 20.6. The van der Waals surface area contributed by atoms with Crippen LogP contribution in [-0.2, 0) is 16.6 Å². The SMILES string of the molecule is CCCC1CCCCN1S(=O)(=O)c1cccc(CNC)c1. The number of piperidine rings is 1. The molecule has 0 amide bonds. The number of nitrogens with zero attached hydrogens (tertiary/aromatic N) is 1. The molecule has 1 aromatic rings. The van der Waals surface area contributed by atoms with Gasteiger partial charge in [0.25, 0.3) is 0 Å². The second-order valence-electron chi connectivity index (χ2n) is 5.73. The van der Waals surface area contributed by atoms with Crippen molar-refractivity contribution >= 4 is 10.0 Å². The highest BCUT2D eigenvalue weighted by Crippen LogP contribution is 2.28. The van der Waals surface area contributed by atoms with Crippen molar-refractivity contribution in [2.45, 2.75) is 56.5 Å². The average Bonchev–Trinajstić information content (AvgIpc) is 2.49. The lowest BCUT2D eigenvalue weighted by atomic mass is 10.0. The van der Waals surface area contributed by atoms with E-state index in [2.05, 4.69) is 12.2 Å². The van der Waals surface area contributed by atoms with Gasteiger partial charge in [-0.3, -0.25) is 0 Å². The summed E-state index contributed by atoms with van der Waals surface area (Å²) in [6.07, 6.45) is 5.07. The lowest BCUT2D eigenvalue weighted by Gasteiger charge is -2.34. The van der Waals surface area contributed by atoms with E-state index < -0.39 is 10.0 Å². The molecule has 1 aliphatic rings. The molecule has 0 bridgehead atoms. The summed E-state index contributed by atoms with van der Waals surface area (Å²) in [5, 5.41) is 3.06. The molecule has 1 N–H and O–H groups in total. The number of rotatable bonds is 6. The Balaban J connectivity index is 2.29. The van der Waals surface area contributed by atoms with Crippen molar-refractivity contribution in [2.75, 3.05) is 13.6 Å². The van der Waals surface area contributed by atoms with Crippen LogP contribution in [0.1, 0.15) is 44.6 Å². The van der Waals surface area contributed by atoms with Crippen molar-refractivity contribution in [3.05, 3.63) is 29.8 Å². The van der Waals surface area contributed by atoms with Gasteiger partial charge in [0.1, 0.15) is 0 Å². The number of hydrogen-bond acceptors (Lipinski definition) is 3. The Morgan fingerprint density at radius 1 is 1.33 bits per heavy atom. The summed E-state index contributed by atoms with van der Waals surface area (Å²) in [5.41, 5.74) is 1.00. The van der Waals surface area contributed by atoms with E-state index in [-0.39, 0.29) is 6.04 Å². The van der Waals surface area contributed by atoms with Gasteiger partial charge in [0.2, 0.25) is 10.0 Å². The molecule has 0 aromatic heterocycles. The van der Waals surface area contributed by atoms with E-state index in [0.717, 1.165) is 37.7 Å². The van der Waals surface area contributed by atoms with Gasteiger partial charge in [-0.1, -0.05) is 31.9 Å². The summed E-state index contributed by atoms with van der Waals surface area (Å²) in [4.78, 5) is 0.429. The van der Waals surface area contributed by atoms with Gasteiger partial charge in [-0.15, -0.1) is 0 Å². The molecule has 1 atom stereocenters. The Morgan fingerprint density at radius 2 is 2.14 bits per heavy atom. The van der Waals surface area contributed by atoms with Crippen molar-refractivity contribution in [3.63, 3.8) is 0 Å². The minimum absolute atomic E-state index is 0.168. The quantitative estimate of drug-likeness (QED) is 0.879. The molecular weight excluding hydrogens is 284 g/mol. The van der Waals surface area contributed by atoms with Crippen LogP contribution in [0.4, 0.5) is 0 Å². The Hall–Kier alpha value is -0.910. The summed E-state index contributed by atoms with van der Waals surface area (Å²) in [7, 11) is -1.50. The lowest BCUT2D eigenvalue weighted by molar-refractivity contribution is 0.239. The highest BCUT2D eigenvalue weighted by molar-refractivity contribution is 7.89. The molecule has 2 rings (SSSR count). The van der Waals surface area contributed by atoms with Gasteiger partial charge in [0, 0.05) is 19.1 Å². The van der Waals surface area contributed by atoms with Crippen LogP contribution in [-0.4, -0.2) is 32.4 Å². The monoisotopic (exact) mass is 310 g/mol. The summed E-state index contributed by atoms with van der Waals surface area (Å²) in [6, 6.07) is 7.46. The van der Waals surface area contributed by atoms with E-state index >= 15 is 0 Å². The van der Waals surface area contributed by atoms with Gasteiger partial charge in [-0.05, 0) is 44.0 Å². The Bertz CT molecular complexity index is 555. The van der Waals surface area contributed by atoms with Crippen molar-refractivity contribution in [1.82, 2.24) is 9.62 Å². The van der Waals surface area contributed by atoms with Crippen LogP contribution >= 0.6 is 0 Å². The molecule has 21 heavy (non-hydrogen) atoms. The van der Waals surface area contributed by atoms with E-state index in [0.29, 0.717) is 18.0 Å². The van der Waals surface area contributed by atoms with Crippen LogP contribution in [0.3, 0.4) is 0 Å². The van der Waals surface area contributed by atoms with E-state index in [1.165, 1.54) is 0 Å². The molecule has 0 radical (unpaired) electrons. The van der Waals surface area contributed by atoms with Gasteiger partial charge in [0.15, 0.2) is 0 Å². The second-order valence-corrected chi connectivity index (χ2v) is 7.62. The molecular formula is C16H26N2O2S. The fourth-order valence-electron chi connectivity index (χ4n) is 3.07. The largest absolute Gasteiger partial charge is 0.316 e. The Morgan fingerprint density at radius 3 is 2.86 bits per heavy atom. The third-order valence-corrected chi connectivity index (χ3v) is 6.03. The first-order chi connectivity index (χ1) is 10.1. The minimum atomic E-state index is -3.37. The zero-order valence-electron chi connectivity index (χ0n) is 13.0. The van der Waals surface area contributed by atoms with Gasteiger partial charge in [-0.2, -0.15) is 4.31 Å². The molecule has 5 heteroatoms. The van der Waals surface area contributed by atoms with E-state index in [4.69, 9.17) is 0 Å². The van der Waals surface area contributed by atoms with Crippen LogP contribution < -0.4 is 5.32 Å². The van der Waals surface area contributed by atoms with Gasteiger partial charge in [0.05, 0.1) is 4.90 Å². The molecule has 1 unspecified atom stereocenters. The van der Waals surface area contributed by atoms with Crippen LogP contribution in [0.5, 0.6) is 0 Å². The maximum atomic E-state index is 12.9. The molecule has 1 aliphatic heterocycles. The van der Waals surface area contributed by atoms with Gasteiger partial charge >= 0.3 is 0 Å². The third-order valence-electron chi connectivity index (χ3n) is 4.08. The molecule has 1 heterocycles. The maximum Gasteiger partial charge on any atom is 0.243 e. The molecule has 1 fully saturated rings. The first-order valence-electron chi connectivity index (χ1n) is 7.85. The molecule has 4 nitrogen and oxygen atoms in total. The first-order valence-corrected chi connectivity index (χ1v) is 9.29. The minimum Gasteiger partial charge on any atom is -0.316 e. The highest BCUT2D eigenvalue weighted by atomic mass is 32.2. The molecule has 1 aromatic carbocycles. The van der Waals surface area contributed by atoms with Crippen LogP contribution in [0.15, 0.2) is 29.2 Å². The van der Waals surface area contributed by atoms with Crippen molar-refractivity contribution in [1.29, 1.82) is 0 Å². The highest BCUT2D eigenvalue weighted by Gasteiger charge is 2.32. The molecule has 1 saturated heterocycles. The average molecular weight is 310 g/mol. The van der Waals surface area contributed by atoms with Crippen LogP contribution in [0.25, 0.3) is 0 Å². The van der Waals surface area contributed by atoms with E-state index in [1.54, 1.807) is 16.4 Å². The first kappa shape index (κ1) is 16.5. The predicted molar refractivity (Wildman–Crippen MR) is 85.6 cm³/mol. The van der Waals surface area contributed by atoms with Crippen LogP contribution in [0, 0.1) is 0 Å². The number of hydrogen-bond donors (Lipinski definition) is 1. The molecule has 118 valence electrons. The molecule has 0 aliphatic carbocycles. The topological polar surface area (TPSA) is 49.4 Å². The van der Waals surface area contributed by atoms with Crippen molar-refractivity contribution < 1.29 is 8.42 Å². The van der Waals surface area contributed by atoms with E-state index in [9.17, 15) is 8.42 Å². The number of benzene rings is 1. The molecule has 0 saturated carbocycles. The second kappa shape index (κ2) is 7.38. The third kappa shape index (κ3) is 3.84. The van der Waals surface area contributed by atoms with Crippen molar-refractivity contribution in [3.8, 4) is 0 Å². The number of nitrogens with one attached hydrogen (secondary N) is 1.